The summed E-state index contributed by atoms with van der Waals surface area (Å²) in [6.45, 7) is 4.22. The Morgan fingerprint density at radius 1 is 1.29 bits per heavy atom. The first-order valence-corrected chi connectivity index (χ1v) is 7.51. The molecule has 1 saturated heterocycles. The van der Waals surface area contributed by atoms with E-state index in [4.69, 9.17) is 0 Å². The fourth-order valence-electron chi connectivity index (χ4n) is 2.87. The summed E-state index contributed by atoms with van der Waals surface area (Å²) in [5.41, 5.74) is 1.23. The number of nitrogens with zero attached hydrogens (tertiary/aromatic N) is 4. The first-order chi connectivity index (χ1) is 10.3. The molecule has 110 valence electrons. The summed E-state index contributed by atoms with van der Waals surface area (Å²) in [7, 11) is 0. The van der Waals surface area contributed by atoms with Crippen LogP contribution in [-0.2, 0) is 0 Å². The molecule has 5 nitrogen and oxygen atoms in total. The Morgan fingerprint density at radius 3 is 2.95 bits per heavy atom. The fourth-order valence-corrected chi connectivity index (χ4v) is 2.87. The van der Waals surface area contributed by atoms with Crippen LogP contribution >= 0.6 is 0 Å². The van der Waals surface area contributed by atoms with Gasteiger partial charge < -0.3 is 10.2 Å². The maximum atomic E-state index is 4.21. The van der Waals surface area contributed by atoms with Crippen molar-refractivity contribution in [3.63, 3.8) is 0 Å². The van der Waals surface area contributed by atoms with Crippen molar-refractivity contribution in [3.8, 4) is 0 Å². The average molecular weight is 283 g/mol. The lowest BCUT2D eigenvalue weighted by atomic mass is 10.0. The van der Waals surface area contributed by atoms with Crippen molar-refractivity contribution in [2.75, 3.05) is 18.0 Å². The van der Waals surface area contributed by atoms with Gasteiger partial charge in [0.15, 0.2) is 5.82 Å². The standard InChI is InChI=1S/C16H21N5/c1-13(14-5-2-8-17-11-14)19-15-6-4-10-21(12-15)16-7-3-9-18-20-16/h2-3,5,7-9,11,13,15,19H,4,6,10,12H2,1H3/t13-,15+/m0/s1. The van der Waals surface area contributed by atoms with E-state index in [2.05, 4.69) is 38.4 Å². The number of hydrogen-bond acceptors (Lipinski definition) is 5. The van der Waals surface area contributed by atoms with E-state index >= 15 is 0 Å². The summed E-state index contributed by atoms with van der Waals surface area (Å²) in [6.07, 6.45) is 7.83. The molecule has 2 atom stereocenters. The van der Waals surface area contributed by atoms with Crippen molar-refractivity contribution in [3.05, 3.63) is 48.4 Å². The van der Waals surface area contributed by atoms with Gasteiger partial charge in [-0.3, -0.25) is 4.98 Å². The topological polar surface area (TPSA) is 53.9 Å². The van der Waals surface area contributed by atoms with Crippen LogP contribution in [0.4, 0.5) is 5.82 Å². The number of hydrogen-bond donors (Lipinski definition) is 1. The summed E-state index contributed by atoms with van der Waals surface area (Å²) in [5.74, 6) is 0.970. The van der Waals surface area contributed by atoms with Gasteiger partial charge in [-0.05, 0) is 43.5 Å². The van der Waals surface area contributed by atoms with Crippen molar-refractivity contribution < 1.29 is 0 Å². The molecule has 0 radical (unpaired) electrons. The van der Waals surface area contributed by atoms with Crippen LogP contribution in [-0.4, -0.2) is 34.3 Å². The molecule has 1 fully saturated rings. The Kier molecular flexibility index (Phi) is 4.40. The molecule has 3 rings (SSSR count). The molecule has 0 amide bonds. The van der Waals surface area contributed by atoms with Crippen molar-refractivity contribution >= 4 is 5.82 Å². The number of aromatic nitrogens is 3. The van der Waals surface area contributed by atoms with E-state index in [-0.39, 0.29) is 0 Å². The molecule has 0 aliphatic carbocycles. The van der Waals surface area contributed by atoms with Gasteiger partial charge in [0, 0.05) is 43.8 Å². The second kappa shape index (κ2) is 6.63. The minimum Gasteiger partial charge on any atom is -0.354 e. The zero-order valence-corrected chi connectivity index (χ0v) is 12.3. The first-order valence-electron chi connectivity index (χ1n) is 7.51. The Labute approximate surface area is 125 Å². The second-order valence-corrected chi connectivity index (χ2v) is 5.54. The molecule has 2 aromatic heterocycles. The smallest absolute Gasteiger partial charge is 0.151 e. The van der Waals surface area contributed by atoms with E-state index < -0.39 is 0 Å². The molecular formula is C16H21N5. The summed E-state index contributed by atoms with van der Waals surface area (Å²) >= 11 is 0. The maximum absolute atomic E-state index is 4.21. The van der Waals surface area contributed by atoms with E-state index in [1.54, 1.807) is 6.20 Å². The molecule has 1 aliphatic rings. The molecule has 21 heavy (non-hydrogen) atoms. The number of rotatable bonds is 4. The van der Waals surface area contributed by atoms with E-state index in [1.165, 1.54) is 18.4 Å². The molecule has 1 aliphatic heterocycles. The minimum absolute atomic E-state index is 0.311. The van der Waals surface area contributed by atoms with Gasteiger partial charge >= 0.3 is 0 Å². The Morgan fingerprint density at radius 2 is 2.19 bits per heavy atom. The third-order valence-corrected chi connectivity index (χ3v) is 3.97. The molecule has 0 bridgehead atoms. The van der Waals surface area contributed by atoms with Crippen LogP contribution in [0.2, 0.25) is 0 Å². The monoisotopic (exact) mass is 283 g/mol. The highest BCUT2D eigenvalue weighted by Gasteiger charge is 2.22. The van der Waals surface area contributed by atoms with Crippen molar-refractivity contribution in [2.24, 2.45) is 0 Å². The van der Waals surface area contributed by atoms with Crippen LogP contribution in [0.3, 0.4) is 0 Å². The van der Waals surface area contributed by atoms with Crippen LogP contribution in [0, 0.1) is 0 Å². The van der Waals surface area contributed by atoms with E-state index in [9.17, 15) is 0 Å². The average Bonchev–Trinajstić information content (AvgIpc) is 2.57. The molecule has 0 aromatic carbocycles. The lowest BCUT2D eigenvalue weighted by Gasteiger charge is -2.35. The van der Waals surface area contributed by atoms with Gasteiger partial charge in [0.2, 0.25) is 0 Å². The molecular weight excluding hydrogens is 262 g/mol. The number of piperidine rings is 1. The summed E-state index contributed by atoms with van der Waals surface area (Å²) in [5, 5.41) is 11.9. The van der Waals surface area contributed by atoms with Gasteiger partial charge in [-0.15, -0.1) is 5.10 Å². The Hall–Kier alpha value is -2.01. The van der Waals surface area contributed by atoms with E-state index in [1.807, 2.05) is 30.6 Å². The van der Waals surface area contributed by atoms with Gasteiger partial charge in [-0.25, -0.2) is 0 Å². The molecule has 3 heterocycles. The predicted octanol–water partition coefficient (Wildman–Crippen LogP) is 2.19. The highest BCUT2D eigenvalue weighted by atomic mass is 15.3. The molecule has 1 N–H and O–H groups in total. The molecule has 2 aromatic rings. The lowest BCUT2D eigenvalue weighted by molar-refractivity contribution is 0.386. The van der Waals surface area contributed by atoms with E-state index in [0.29, 0.717) is 12.1 Å². The number of pyridine rings is 1. The summed E-state index contributed by atoms with van der Waals surface area (Å²) in [6, 6.07) is 8.85. The van der Waals surface area contributed by atoms with Crippen LogP contribution < -0.4 is 10.2 Å². The van der Waals surface area contributed by atoms with Gasteiger partial charge in [0.1, 0.15) is 0 Å². The zero-order chi connectivity index (χ0) is 14.5. The van der Waals surface area contributed by atoms with Gasteiger partial charge in [0.05, 0.1) is 0 Å². The summed E-state index contributed by atoms with van der Waals surface area (Å²) in [4.78, 5) is 6.50. The second-order valence-electron chi connectivity index (χ2n) is 5.54. The van der Waals surface area contributed by atoms with Crippen LogP contribution in [0.1, 0.15) is 31.4 Å². The van der Waals surface area contributed by atoms with Gasteiger partial charge in [-0.1, -0.05) is 6.07 Å². The maximum Gasteiger partial charge on any atom is 0.151 e. The lowest BCUT2D eigenvalue weighted by Crippen LogP contribution is -2.46. The molecule has 0 unspecified atom stereocenters. The number of anilines is 1. The zero-order valence-electron chi connectivity index (χ0n) is 12.3. The van der Waals surface area contributed by atoms with Gasteiger partial charge in [0.25, 0.3) is 0 Å². The summed E-state index contributed by atoms with van der Waals surface area (Å²) < 4.78 is 0. The van der Waals surface area contributed by atoms with Gasteiger partial charge in [-0.2, -0.15) is 5.10 Å². The highest BCUT2D eigenvalue weighted by Crippen LogP contribution is 2.19. The SMILES string of the molecule is C[C@H](N[C@@H]1CCCN(c2cccnn2)C1)c1cccnc1. The van der Waals surface area contributed by atoms with Crippen molar-refractivity contribution in [1.82, 2.24) is 20.5 Å². The highest BCUT2D eigenvalue weighted by molar-refractivity contribution is 5.37. The normalized spacial score (nSPS) is 20.2. The van der Waals surface area contributed by atoms with Crippen LogP contribution in [0.15, 0.2) is 42.9 Å². The molecule has 0 spiro atoms. The molecule has 5 heteroatoms. The predicted molar refractivity (Wildman–Crippen MR) is 83.1 cm³/mol. The quantitative estimate of drug-likeness (QED) is 0.932. The Balaban J connectivity index is 1.61. The fraction of sp³-hybridized carbons (Fsp3) is 0.438. The largest absolute Gasteiger partial charge is 0.354 e. The van der Waals surface area contributed by atoms with Crippen molar-refractivity contribution in [1.29, 1.82) is 0 Å². The molecule has 0 saturated carbocycles. The van der Waals surface area contributed by atoms with Crippen molar-refractivity contribution in [2.45, 2.75) is 31.8 Å². The first kappa shape index (κ1) is 13.9. The van der Waals surface area contributed by atoms with Crippen LogP contribution in [0.5, 0.6) is 0 Å². The number of nitrogens with one attached hydrogen (secondary N) is 1. The van der Waals surface area contributed by atoms with Crippen LogP contribution in [0.25, 0.3) is 0 Å². The Bertz CT molecular complexity index is 543. The third-order valence-electron chi connectivity index (χ3n) is 3.97. The third kappa shape index (κ3) is 3.55. The van der Waals surface area contributed by atoms with E-state index in [0.717, 1.165) is 18.9 Å². The minimum atomic E-state index is 0.311.